The molecule has 1 aliphatic heterocycles. The molecule has 0 aromatic heterocycles. The molecule has 1 aliphatic rings. The number of carboxylic acid groups (broad SMARTS) is 1. The minimum atomic E-state index is -0.995. The summed E-state index contributed by atoms with van der Waals surface area (Å²) < 4.78 is 1.59. The molecule has 0 aromatic carbocycles. The van der Waals surface area contributed by atoms with Crippen molar-refractivity contribution in [2.45, 2.75) is 19.1 Å². The zero-order valence-corrected chi connectivity index (χ0v) is 9.90. The Kier molecular flexibility index (Phi) is 5.55. The van der Waals surface area contributed by atoms with Gasteiger partial charge in [0.1, 0.15) is 19.2 Å². The van der Waals surface area contributed by atoms with Gasteiger partial charge in [-0.25, -0.2) is 9.37 Å². The maximum Gasteiger partial charge on any atom is 1.00 e. The predicted molar refractivity (Wildman–Crippen MR) is 43.4 cm³/mol. The van der Waals surface area contributed by atoms with Gasteiger partial charge in [-0.2, -0.15) is 0 Å². The van der Waals surface area contributed by atoms with Gasteiger partial charge in [-0.05, 0) is 6.92 Å². The van der Waals surface area contributed by atoms with E-state index in [1.807, 2.05) is 0 Å². The molecule has 0 aliphatic carbocycles. The molecule has 0 bridgehead atoms. The number of carboxylic acids is 1. The van der Waals surface area contributed by atoms with Gasteiger partial charge in [-0.3, -0.25) is 5.32 Å². The molecule has 1 heterocycles. The summed E-state index contributed by atoms with van der Waals surface area (Å²) >= 11 is 0. The molecule has 0 saturated carbocycles. The van der Waals surface area contributed by atoms with E-state index in [4.69, 9.17) is 5.11 Å². The fraction of sp³-hybridized carbons (Fsp3) is 0.714. The maximum absolute atomic E-state index is 10.7. The Bertz CT molecular complexity index is 223. The summed E-state index contributed by atoms with van der Waals surface area (Å²) in [6.07, 6.45) is 0.740. The summed E-state index contributed by atoms with van der Waals surface area (Å²) in [4.78, 5) is 10.7. The second kappa shape index (κ2) is 5.59. The molecule has 0 aromatic rings. The van der Waals surface area contributed by atoms with E-state index in [1.54, 1.807) is 10.9 Å². The van der Waals surface area contributed by atoms with Gasteiger partial charge in [0.2, 0.25) is 12.4 Å². The molecule has 0 spiro atoms. The molecule has 0 fully saturated rings. The van der Waals surface area contributed by atoms with Crippen LogP contribution in [0.25, 0.3) is 0 Å². The van der Waals surface area contributed by atoms with Crippen LogP contribution < -0.4 is 34.9 Å². The Labute approximate surface area is 100 Å². The Hall–Kier alpha value is -0.100. The minimum absolute atomic E-state index is 0. The van der Waals surface area contributed by atoms with Crippen LogP contribution in [0.5, 0.6) is 0 Å². The third-order valence-corrected chi connectivity index (χ3v) is 1.84. The quantitative estimate of drug-likeness (QED) is 0.315. The van der Waals surface area contributed by atoms with Crippen molar-refractivity contribution in [1.29, 1.82) is 0 Å². The summed E-state index contributed by atoms with van der Waals surface area (Å²) in [6, 6.07) is -0.833. The Morgan fingerprint density at radius 3 is 2.69 bits per heavy atom. The van der Waals surface area contributed by atoms with Crippen LogP contribution in [0.4, 0.5) is 0 Å². The van der Waals surface area contributed by atoms with E-state index in [-0.39, 0.29) is 31.0 Å². The molecule has 5 nitrogen and oxygen atoms in total. The smallest absolute Gasteiger partial charge is 1.00 e. The fourth-order valence-corrected chi connectivity index (χ4v) is 1.28. The average Bonchev–Trinajstić information content (AvgIpc) is 2.37. The number of carbonyl (C=O) groups is 1. The molecular formula is C7H14N2NaO3+. The molecule has 0 saturated heterocycles. The summed E-state index contributed by atoms with van der Waals surface area (Å²) in [6.45, 7) is 2.84. The van der Waals surface area contributed by atoms with Gasteiger partial charge in [0.15, 0.2) is 0 Å². The van der Waals surface area contributed by atoms with Gasteiger partial charge in [-0.1, -0.05) is 0 Å². The molecule has 13 heavy (non-hydrogen) atoms. The Balaban J connectivity index is 0. The van der Waals surface area contributed by atoms with Crippen molar-refractivity contribution < 1.29 is 50.6 Å². The number of hydrogen-bond acceptors (Lipinski definition) is 3. The topological polar surface area (TPSA) is 72.6 Å². The first kappa shape index (κ1) is 12.9. The van der Waals surface area contributed by atoms with Crippen molar-refractivity contribution in [2.75, 3.05) is 13.1 Å². The molecule has 2 unspecified atom stereocenters. The third kappa shape index (κ3) is 3.27. The molecule has 0 radical (unpaired) electrons. The third-order valence-electron chi connectivity index (χ3n) is 1.84. The second-order valence-corrected chi connectivity index (χ2v) is 2.84. The SMILES string of the molecule is CC(O)C(C(=O)O)[N+]1=CNCC1.[H-].[Na+]. The molecule has 0 amide bonds. The number of hydrogen-bond donors (Lipinski definition) is 3. The van der Waals surface area contributed by atoms with Crippen molar-refractivity contribution in [1.82, 2.24) is 5.32 Å². The zero-order valence-electron chi connectivity index (χ0n) is 8.90. The minimum Gasteiger partial charge on any atom is -1.00 e. The van der Waals surface area contributed by atoms with E-state index in [0.717, 1.165) is 6.54 Å². The molecule has 2 atom stereocenters. The van der Waals surface area contributed by atoms with Crippen molar-refractivity contribution in [3.05, 3.63) is 0 Å². The van der Waals surface area contributed by atoms with Crippen LogP contribution in [0, 0.1) is 0 Å². The normalized spacial score (nSPS) is 19.4. The predicted octanol–water partition coefficient (Wildman–Crippen LogP) is -4.42. The standard InChI is InChI=1S/C7H12N2O3.Na.H/c1-5(10)6(7(11)12)9-3-2-8-4-9;;/h4-6,10H,2-3H2,1H3,(H,11,12);;/q;+1;-1/p+1. The van der Waals surface area contributed by atoms with Gasteiger partial charge < -0.3 is 11.6 Å². The summed E-state index contributed by atoms with van der Waals surface area (Å²) in [5.41, 5.74) is 0. The van der Waals surface area contributed by atoms with E-state index in [1.165, 1.54) is 6.92 Å². The summed E-state index contributed by atoms with van der Waals surface area (Å²) in [7, 11) is 0. The van der Waals surface area contributed by atoms with Gasteiger partial charge >= 0.3 is 35.5 Å². The van der Waals surface area contributed by atoms with Crippen LogP contribution in [0.3, 0.4) is 0 Å². The maximum atomic E-state index is 10.7. The van der Waals surface area contributed by atoms with Crippen LogP contribution >= 0.6 is 0 Å². The van der Waals surface area contributed by atoms with E-state index >= 15 is 0 Å². The van der Waals surface area contributed by atoms with Crippen LogP contribution in [0.15, 0.2) is 0 Å². The first-order valence-corrected chi connectivity index (χ1v) is 3.86. The van der Waals surface area contributed by atoms with Crippen molar-refractivity contribution >= 4 is 12.3 Å². The molecule has 1 rings (SSSR count). The van der Waals surface area contributed by atoms with E-state index < -0.39 is 18.1 Å². The second-order valence-electron chi connectivity index (χ2n) is 2.84. The number of aliphatic carboxylic acids is 1. The van der Waals surface area contributed by atoms with Crippen LogP contribution in [0.1, 0.15) is 8.35 Å². The van der Waals surface area contributed by atoms with Crippen molar-refractivity contribution in [2.24, 2.45) is 0 Å². The van der Waals surface area contributed by atoms with Gasteiger partial charge in [0.05, 0.1) is 0 Å². The van der Waals surface area contributed by atoms with Crippen molar-refractivity contribution in [3.8, 4) is 0 Å². The molecule has 6 heteroatoms. The first-order chi connectivity index (χ1) is 5.63. The van der Waals surface area contributed by atoms with Gasteiger partial charge in [0.25, 0.3) is 0 Å². The monoisotopic (exact) mass is 197 g/mol. The molecule has 70 valence electrons. The first-order valence-electron chi connectivity index (χ1n) is 3.86. The van der Waals surface area contributed by atoms with Crippen LogP contribution in [-0.4, -0.2) is 52.3 Å². The van der Waals surface area contributed by atoms with Gasteiger partial charge in [0, 0.05) is 0 Å². The van der Waals surface area contributed by atoms with E-state index in [0.29, 0.717) is 6.54 Å². The van der Waals surface area contributed by atoms with Crippen LogP contribution in [0.2, 0.25) is 0 Å². The zero-order chi connectivity index (χ0) is 9.14. The van der Waals surface area contributed by atoms with E-state index in [9.17, 15) is 9.90 Å². The number of nitrogens with zero attached hydrogens (tertiary/aromatic N) is 1. The Morgan fingerprint density at radius 2 is 2.38 bits per heavy atom. The summed E-state index contributed by atoms with van der Waals surface area (Å²) in [5, 5.41) is 20.8. The van der Waals surface area contributed by atoms with Crippen molar-refractivity contribution in [3.63, 3.8) is 0 Å². The number of aliphatic hydroxyl groups excluding tert-OH is 1. The van der Waals surface area contributed by atoms with Crippen LogP contribution in [-0.2, 0) is 4.79 Å². The molecular weight excluding hydrogens is 183 g/mol. The fourth-order valence-electron chi connectivity index (χ4n) is 1.28. The molecule has 3 N–H and O–H groups in total. The summed E-state index contributed by atoms with van der Waals surface area (Å²) in [5.74, 6) is -0.995. The van der Waals surface area contributed by atoms with Gasteiger partial charge in [-0.15, -0.1) is 0 Å². The number of nitrogens with one attached hydrogen (secondary N) is 1. The number of rotatable bonds is 3. The average molecular weight is 197 g/mol. The number of aliphatic hydroxyl groups is 1. The largest absolute Gasteiger partial charge is 1.00 e. The van der Waals surface area contributed by atoms with E-state index in [2.05, 4.69) is 5.32 Å². The Morgan fingerprint density at radius 1 is 1.77 bits per heavy atom.